The third-order valence-corrected chi connectivity index (χ3v) is 5.03. The van der Waals surface area contributed by atoms with Crippen LogP contribution in [0.2, 0.25) is 0 Å². The molecule has 1 fully saturated rings. The van der Waals surface area contributed by atoms with Crippen molar-refractivity contribution in [3.05, 3.63) is 41.5 Å². The number of rotatable bonds is 7. The molecule has 29 heavy (non-hydrogen) atoms. The van der Waals surface area contributed by atoms with E-state index >= 15 is 0 Å². The van der Waals surface area contributed by atoms with E-state index in [1.807, 2.05) is 43.8 Å². The van der Waals surface area contributed by atoms with Crippen LogP contribution >= 0.6 is 24.0 Å². The number of aliphatic imine (C=N–C) groups is 1. The number of aryl methyl sites for hydroxylation is 1. The first-order valence-electron chi connectivity index (χ1n) is 9.66. The van der Waals surface area contributed by atoms with Crippen LogP contribution in [0.5, 0.6) is 5.75 Å². The molecular formula is C20H31IN6O2. The second-order valence-corrected chi connectivity index (χ2v) is 7.05. The maximum atomic E-state index is 5.74. The van der Waals surface area contributed by atoms with Crippen molar-refractivity contribution in [1.29, 1.82) is 0 Å². The number of para-hydroxylation sites is 1. The smallest absolute Gasteiger partial charge is 0.194 e. The van der Waals surface area contributed by atoms with E-state index in [4.69, 9.17) is 14.5 Å². The summed E-state index contributed by atoms with van der Waals surface area (Å²) < 4.78 is 13.2. The van der Waals surface area contributed by atoms with E-state index in [-0.39, 0.29) is 30.1 Å². The molecule has 1 saturated heterocycles. The number of hydrogen-bond acceptors (Lipinski definition) is 5. The molecule has 1 aliphatic heterocycles. The summed E-state index contributed by atoms with van der Waals surface area (Å²) in [6, 6.07) is 8.04. The van der Waals surface area contributed by atoms with Gasteiger partial charge in [0.15, 0.2) is 11.8 Å². The lowest BCUT2D eigenvalue weighted by molar-refractivity contribution is 0.113. The number of guanidine groups is 1. The minimum Gasteiger partial charge on any atom is -0.496 e. The Kier molecular flexibility index (Phi) is 9.15. The largest absolute Gasteiger partial charge is 0.496 e. The highest BCUT2D eigenvalue weighted by Gasteiger charge is 2.18. The molecule has 2 heterocycles. The Labute approximate surface area is 189 Å². The fourth-order valence-electron chi connectivity index (χ4n) is 3.22. The van der Waals surface area contributed by atoms with E-state index in [0.29, 0.717) is 13.1 Å². The molecule has 2 aromatic rings. The Balaban J connectivity index is 0.00000300. The highest BCUT2D eigenvalue weighted by atomic mass is 127. The van der Waals surface area contributed by atoms with E-state index in [0.717, 1.165) is 54.9 Å². The maximum Gasteiger partial charge on any atom is 0.194 e. The van der Waals surface area contributed by atoms with Crippen LogP contribution < -0.4 is 10.1 Å². The number of halogens is 1. The quantitative estimate of drug-likeness (QED) is 0.348. The minimum atomic E-state index is 0. The van der Waals surface area contributed by atoms with Crippen LogP contribution in [-0.2, 0) is 24.9 Å². The number of ether oxygens (including phenoxy) is 2. The summed E-state index contributed by atoms with van der Waals surface area (Å²) in [5.41, 5.74) is 1.11. The topological polar surface area (TPSA) is 76.8 Å². The van der Waals surface area contributed by atoms with Crippen molar-refractivity contribution in [2.75, 3.05) is 27.3 Å². The normalized spacial score (nSPS) is 16.4. The molecule has 0 aliphatic carbocycles. The van der Waals surface area contributed by atoms with Gasteiger partial charge in [0.05, 0.1) is 13.2 Å². The summed E-state index contributed by atoms with van der Waals surface area (Å²) in [4.78, 5) is 6.89. The van der Waals surface area contributed by atoms with Gasteiger partial charge in [-0.2, -0.15) is 0 Å². The van der Waals surface area contributed by atoms with Crippen LogP contribution in [0.1, 0.15) is 30.1 Å². The van der Waals surface area contributed by atoms with Gasteiger partial charge in [0.2, 0.25) is 0 Å². The molecule has 3 rings (SSSR count). The van der Waals surface area contributed by atoms with Gasteiger partial charge in [-0.15, -0.1) is 34.2 Å². The van der Waals surface area contributed by atoms with E-state index in [1.54, 1.807) is 7.11 Å². The number of nitrogens with zero attached hydrogens (tertiary/aromatic N) is 5. The molecule has 0 spiro atoms. The Morgan fingerprint density at radius 2 is 2.17 bits per heavy atom. The molecule has 1 aromatic carbocycles. The third kappa shape index (κ3) is 6.30. The van der Waals surface area contributed by atoms with E-state index in [1.165, 1.54) is 0 Å². The van der Waals surface area contributed by atoms with Gasteiger partial charge in [0, 0.05) is 39.4 Å². The van der Waals surface area contributed by atoms with Crippen LogP contribution in [-0.4, -0.2) is 59.0 Å². The fourth-order valence-corrected chi connectivity index (χ4v) is 3.22. The van der Waals surface area contributed by atoms with Crippen molar-refractivity contribution in [1.82, 2.24) is 25.0 Å². The Morgan fingerprint density at radius 3 is 2.83 bits per heavy atom. The van der Waals surface area contributed by atoms with E-state index in [9.17, 15) is 0 Å². The zero-order valence-electron chi connectivity index (χ0n) is 17.6. The monoisotopic (exact) mass is 514 g/mol. The second kappa shape index (κ2) is 11.3. The molecular weight excluding hydrogens is 483 g/mol. The predicted molar refractivity (Wildman–Crippen MR) is 124 cm³/mol. The van der Waals surface area contributed by atoms with Gasteiger partial charge in [-0.25, -0.2) is 4.99 Å². The van der Waals surface area contributed by atoms with Gasteiger partial charge in [0.25, 0.3) is 0 Å². The lowest BCUT2D eigenvalue weighted by Crippen LogP contribution is -2.42. The SMILES string of the molecule is COc1ccccc1CN(C)C(=NCc1nnc(C)n1C)NCC1CCCO1.I. The molecule has 9 heteroatoms. The number of hydrogen-bond donors (Lipinski definition) is 1. The summed E-state index contributed by atoms with van der Waals surface area (Å²) in [7, 11) is 5.67. The summed E-state index contributed by atoms with van der Waals surface area (Å²) >= 11 is 0. The van der Waals surface area contributed by atoms with Crippen molar-refractivity contribution < 1.29 is 9.47 Å². The average Bonchev–Trinajstić information content (AvgIpc) is 3.33. The van der Waals surface area contributed by atoms with Gasteiger partial charge in [-0.05, 0) is 25.8 Å². The molecule has 1 atom stereocenters. The molecule has 1 aliphatic rings. The van der Waals surface area contributed by atoms with Gasteiger partial charge in [-0.3, -0.25) is 0 Å². The van der Waals surface area contributed by atoms with Crippen molar-refractivity contribution in [2.24, 2.45) is 12.0 Å². The molecule has 160 valence electrons. The molecule has 0 amide bonds. The fraction of sp³-hybridized carbons (Fsp3) is 0.550. The Morgan fingerprint density at radius 1 is 1.38 bits per heavy atom. The summed E-state index contributed by atoms with van der Waals surface area (Å²) in [6.45, 7) is 4.66. The first-order valence-corrected chi connectivity index (χ1v) is 9.66. The maximum absolute atomic E-state index is 5.74. The Hall–Kier alpha value is -1.88. The van der Waals surface area contributed by atoms with Crippen molar-refractivity contribution in [3.63, 3.8) is 0 Å². The molecule has 1 N–H and O–H groups in total. The highest BCUT2D eigenvalue weighted by molar-refractivity contribution is 14.0. The predicted octanol–water partition coefficient (Wildman–Crippen LogP) is 2.51. The lowest BCUT2D eigenvalue weighted by Gasteiger charge is -2.24. The Bertz CT molecular complexity index is 804. The summed E-state index contributed by atoms with van der Waals surface area (Å²) in [5, 5.41) is 11.8. The van der Waals surface area contributed by atoms with Gasteiger partial charge in [0.1, 0.15) is 18.1 Å². The number of nitrogens with one attached hydrogen (secondary N) is 1. The third-order valence-electron chi connectivity index (χ3n) is 5.03. The molecule has 0 radical (unpaired) electrons. The van der Waals surface area contributed by atoms with Gasteiger partial charge >= 0.3 is 0 Å². The molecule has 0 saturated carbocycles. The molecule has 8 nitrogen and oxygen atoms in total. The average molecular weight is 514 g/mol. The van der Waals surface area contributed by atoms with Crippen LogP contribution in [0, 0.1) is 6.92 Å². The first kappa shape index (κ1) is 23.4. The summed E-state index contributed by atoms with van der Waals surface area (Å²) in [6.07, 6.45) is 2.44. The zero-order chi connectivity index (χ0) is 19.9. The highest BCUT2D eigenvalue weighted by Crippen LogP contribution is 2.19. The molecule has 1 unspecified atom stereocenters. The van der Waals surface area contributed by atoms with Gasteiger partial charge in [-0.1, -0.05) is 18.2 Å². The second-order valence-electron chi connectivity index (χ2n) is 7.05. The number of methoxy groups -OCH3 is 1. The molecule has 1 aromatic heterocycles. The standard InChI is InChI=1S/C20H30N6O2.HI/c1-15-23-24-19(26(15)3)13-22-20(21-12-17-9-7-11-28-17)25(2)14-16-8-5-6-10-18(16)27-4;/h5-6,8,10,17H,7,9,11-14H2,1-4H3,(H,21,22);1H. The van der Waals surface area contributed by atoms with Crippen molar-refractivity contribution in [2.45, 2.75) is 39.0 Å². The van der Waals surface area contributed by atoms with Crippen molar-refractivity contribution in [3.8, 4) is 5.75 Å². The van der Waals surface area contributed by atoms with Crippen LogP contribution in [0.3, 0.4) is 0 Å². The molecule has 0 bridgehead atoms. The first-order chi connectivity index (χ1) is 13.6. The van der Waals surface area contributed by atoms with E-state index < -0.39 is 0 Å². The van der Waals surface area contributed by atoms with Crippen LogP contribution in [0.25, 0.3) is 0 Å². The van der Waals surface area contributed by atoms with Crippen molar-refractivity contribution >= 4 is 29.9 Å². The van der Waals surface area contributed by atoms with Crippen LogP contribution in [0.15, 0.2) is 29.3 Å². The minimum absolute atomic E-state index is 0. The van der Waals surface area contributed by atoms with Gasteiger partial charge < -0.3 is 24.3 Å². The summed E-state index contributed by atoms with van der Waals surface area (Å²) in [5.74, 6) is 3.39. The zero-order valence-corrected chi connectivity index (χ0v) is 19.9. The van der Waals surface area contributed by atoms with Crippen LogP contribution in [0.4, 0.5) is 0 Å². The number of benzene rings is 1. The van der Waals surface area contributed by atoms with E-state index in [2.05, 4.69) is 26.5 Å². The number of aromatic nitrogens is 3. The lowest BCUT2D eigenvalue weighted by atomic mass is 10.2.